The lowest BCUT2D eigenvalue weighted by atomic mass is 10.0. The zero-order chi connectivity index (χ0) is 19.0. The summed E-state index contributed by atoms with van der Waals surface area (Å²) in [5.74, 6) is 1.24. The average molecular weight is 362 g/mol. The van der Waals surface area contributed by atoms with Gasteiger partial charge < -0.3 is 0 Å². The molecular formula is C19H18N6O2. The monoisotopic (exact) mass is 362 g/mol. The topological polar surface area (TPSA) is 101 Å². The molecule has 2 N–H and O–H groups in total. The van der Waals surface area contributed by atoms with Crippen LogP contribution >= 0.6 is 0 Å². The Labute approximate surface area is 154 Å². The van der Waals surface area contributed by atoms with Gasteiger partial charge >= 0.3 is 11.4 Å². The Kier molecular flexibility index (Phi) is 4.08. The Bertz CT molecular complexity index is 1100. The first-order chi connectivity index (χ1) is 13.0. The van der Waals surface area contributed by atoms with Gasteiger partial charge in [-0.05, 0) is 55.7 Å². The highest BCUT2D eigenvalue weighted by Gasteiger charge is 2.08. The van der Waals surface area contributed by atoms with Crippen molar-refractivity contribution >= 4 is 0 Å². The summed E-state index contributed by atoms with van der Waals surface area (Å²) >= 11 is 0. The maximum atomic E-state index is 11.8. The number of H-pyrrole nitrogens is 2. The van der Waals surface area contributed by atoms with Crippen molar-refractivity contribution in [3.8, 4) is 11.4 Å². The lowest BCUT2D eigenvalue weighted by Gasteiger charge is -2.07. The highest BCUT2D eigenvalue weighted by Crippen LogP contribution is 2.15. The Morgan fingerprint density at radius 3 is 1.37 bits per heavy atom. The quantitative estimate of drug-likeness (QED) is 0.576. The standard InChI is InChI=1S/C19H18N6O2/c1-12-20-22-18(26)24(12)16-7-3-14(4-8-16)11-15-5-9-17(10-6-15)25-13(2)21-23-19(25)27/h3-10H,11H2,1-2H3,(H,22,26)(H,23,27). The van der Waals surface area contributed by atoms with Crippen LogP contribution in [0.15, 0.2) is 58.1 Å². The fourth-order valence-corrected chi connectivity index (χ4v) is 3.12. The van der Waals surface area contributed by atoms with Crippen molar-refractivity contribution in [2.24, 2.45) is 0 Å². The van der Waals surface area contributed by atoms with E-state index in [4.69, 9.17) is 0 Å². The summed E-state index contributed by atoms with van der Waals surface area (Å²) in [5, 5.41) is 12.7. The van der Waals surface area contributed by atoms with Crippen LogP contribution in [0.1, 0.15) is 22.8 Å². The van der Waals surface area contributed by atoms with Crippen LogP contribution in [0.5, 0.6) is 0 Å². The average Bonchev–Trinajstić information content (AvgIpc) is 3.18. The summed E-state index contributed by atoms with van der Waals surface area (Å²) in [6.45, 7) is 3.56. The smallest absolute Gasteiger partial charge is 0.247 e. The van der Waals surface area contributed by atoms with Crippen molar-refractivity contribution in [3.63, 3.8) is 0 Å². The van der Waals surface area contributed by atoms with Crippen LogP contribution in [0.4, 0.5) is 0 Å². The van der Waals surface area contributed by atoms with Gasteiger partial charge in [0.25, 0.3) is 0 Å². The molecule has 4 rings (SSSR count). The molecule has 27 heavy (non-hydrogen) atoms. The van der Waals surface area contributed by atoms with E-state index < -0.39 is 0 Å². The van der Waals surface area contributed by atoms with Gasteiger partial charge in [0.2, 0.25) is 0 Å². The van der Waals surface area contributed by atoms with E-state index >= 15 is 0 Å². The van der Waals surface area contributed by atoms with E-state index in [1.54, 1.807) is 13.8 Å². The zero-order valence-corrected chi connectivity index (χ0v) is 14.9. The van der Waals surface area contributed by atoms with Crippen molar-refractivity contribution < 1.29 is 0 Å². The number of benzene rings is 2. The van der Waals surface area contributed by atoms with Crippen molar-refractivity contribution in [1.29, 1.82) is 0 Å². The predicted octanol–water partition coefficient (Wildman–Crippen LogP) is 1.64. The van der Waals surface area contributed by atoms with E-state index in [1.165, 1.54) is 9.13 Å². The van der Waals surface area contributed by atoms with Crippen molar-refractivity contribution in [3.05, 3.63) is 92.3 Å². The van der Waals surface area contributed by atoms with Gasteiger partial charge in [-0.25, -0.2) is 28.9 Å². The molecule has 0 unspecified atom stereocenters. The first kappa shape index (κ1) is 16.8. The third-order valence-electron chi connectivity index (χ3n) is 4.48. The molecule has 0 saturated heterocycles. The molecular weight excluding hydrogens is 344 g/mol. The maximum absolute atomic E-state index is 11.8. The van der Waals surface area contributed by atoms with Gasteiger partial charge in [0.05, 0.1) is 11.4 Å². The first-order valence-corrected chi connectivity index (χ1v) is 8.49. The second-order valence-electron chi connectivity index (χ2n) is 6.33. The number of nitrogens with one attached hydrogen (secondary N) is 2. The van der Waals surface area contributed by atoms with Crippen LogP contribution in [0, 0.1) is 13.8 Å². The van der Waals surface area contributed by atoms with E-state index in [-0.39, 0.29) is 11.4 Å². The molecule has 0 fully saturated rings. The molecule has 0 amide bonds. The van der Waals surface area contributed by atoms with Crippen LogP contribution in [0.25, 0.3) is 11.4 Å². The van der Waals surface area contributed by atoms with Crippen LogP contribution < -0.4 is 11.4 Å². The second-order valence-corrected chi connectivity index (χ2v) is 6.33. The van der Waals surface area contributed by atoms with Crippen LogP contribution in [0.3, 0.4) is 0 Å². The zero-order valence-electron chi connectivity index (χ0n) is 14.9. The van der Waals surface area contributed by atoms with Crippen LogP contribution in [0.2, 0.25) is 0 Å². The highest BCUT2D eigenvalue weighted by molar-refractivity contribution is 5.40. The van der Waals surface area contributed by atoms with Gasteiger partial charge in [-0.2, -0.15) is 10.2 Å². The molecule has 2 aromatic heterocycles. The minimum Gasteiger partial charge on any atom is -0.247 e. The Balaban J connectivity index is 1.54. The number of aryl methyl sites for hydroxylation is 2. The van der Waals surface area contributed by atoms with Crippen LogP contribution in [-0.2, 0) is 6.42 Å². The molecule has 0 radical (unpaired) electrons. The molecule has 0 aliphatic rings. The predicted molar refractivity (Wildman–Crippen MR) is 101 cm³/mol. The van der Waals surface area contributed by atoms with E-state index in [0.29, 0.717) is 11.6 Å². The fourth-order valence-electron chi connectivity index (χ4n) is 3.12. The number of aromatic nitrogens is 6. The fraction of sp³-hybridized carbons (Fsp3) is 0.158. The summed E-state index contributed by atoms with van der Waals surface area (Å²) in [7, 11) is 0. The molecule has 0 aliphatic carbocycles. The number of hydrogen-bond donors (Lipinski definition) is 2. The lowest BCUT2D eigenvalue weighted by Crippen LogP contribution is -2.15. The minimum atomic E-state index is -0.249. The lowest BCUT2D eigenvalue weighted by molar-refractivity contribution is 0.940. The van der Waals surface area contributed by atoms with Crippen molar-refractivity contribution in [2.75, 3.05) is 0 Å². The molecule has 0 aliphatic heterocycles. The Morgan fingerprint density at radius 1 is 0.704 bits per heavy atom. The van der Waals surface area contributed by atoms with E-state index in [2.05, 4.69) is 20.4 Å². The molecule has 0 saturated carbocycles. The Morgan fingerprint density at radius 2 is 1.07 bits per heavy atom. The molecule has 2 aromatic carbocycles. The molecule has 8 heteroatoms. The van der Waals surface area contributed by atoms with Gasteiger partial charge in [-0.1, -0.05) is 24.3 Å². The molecule has 0 bridgehead atoms. The van der Waals surface area contributed by atoms with Crippen LogP contribution in [-0.4, -0.2) is 29.5 Å². The summed E-state index contributed by atoms with van der Waals surface area (Å²) in [6.07, 6.45) is 0.749. The minimum absolute atomic E-state index is 0.249. The molecule has 8 nitrogen and oxygen atoms in total. The van der Waals surface area contributed by atoms with Gasteiger partial charge in [0, 0.05) is 0 Å². The maximum Gasteiger partial charge on any atom is 0.347 e. The van der Waals surface area contributed by atoms with Gasteiger partial charge in [0.15, 0.2) is 0 Å². The first-order valence-electron chi connectivity index (χ1n) is 8.49. The third kappa shape index (κ3) is 3.12. The van der Waals surface area contributed by atoms with E-state index in [1.807, 2.05) is 48.5 Å². The molecule has 0 spiro atoms. The number of aromatic amines is 2. The summed E-state index contributed by atoms with van der Waals surface area (Å²) in [4.78, 5) is 23.6. The van der Waals surface area contributed by atoms with Gasteiger partial charge in [0.1, 0.15) is 11.6 Å². The highest BCUT2D eigenvalue weighted by atomic mass is 16.2. The van der Waals surface area contributed by atoms with E-state index in [0.717, 1.165) is 28.9 Å². The van der Waals surface area contributed by atoms with E-state index in [9.17, 15) is 9.59 Å². The number of rotatable bonds is 4. The second kappa shape index (κ2) is 6.56. The van der Waals surface area contributed by atoms with Crippen molar-refractivity contribution in [2.45, 2.75) is 20.3 Å². The largest absolute Gasteiger partial charge is 0.347 e. The number of nitrogens with zero attached hydrogens (tertiary/aromatic N) is 4. The summed E-state index contributed by atoms with van der Waals surface area (Å²) in [6, 6.07) is 15.6. The molecule has 136 valence electrons. The molecule has 2 heterocycles. The van der Waals surface area contributed by atoms with Gasteiger partial charge in [-0.3, -0.25) is 0 Å². The molecule has 4 aromatic rings. The SMILES string of the molecule is Cc1n[nH]c(=O)n1-c1ccc(Cc2ccc(-n3c(C)n[nH]c3=O)cc2)cc1. The summed E-state index contributed by atoms with van der Waals surface area (Å²) in [5.41, 5.74) is 3.30. The number of hydrogen-bond acceptors (Lipinski definition) is 4. The Hall–Kier alpha value is -3.68. The third-order valence-corrected chi connectivity index (χ3v) is 4.48. The molecule has 0 atom stereocenters. The normalized spacial score (nSPS) is 11.0. The van der Waals surface area contributed by atoms with Gasteiger partial charge in [-0.15, -0.1) is 0 Å². The summed E-state index contributed by atoms with van der Waals surface area (Å²) < 4.78 is 3.06. The van der Waals surface area contributed by atoms with Crippen molar-refractivity contribution in [1.82, 2.24) is 29.5 Å².